The van der Waals surface area contributed by atoms with Crippen molar-refractivity contribution in [3.63, 3.8) is 0 Å². The smallest absolute Gasteiger partial charge is 0.251 e. The van der Waals surface area contributed by atoms with Crippen LogP contribution in [0.25, 0.3) is 0 Å². The summed E-state index contributed by atoms with van der Waals surface area (Å²) in [6, 6.07) is 6.65. The van der Waals surface area contributed by atoms with Crippen LogP contribution in [0.3, 0.4) is 0 Å². The lowest BCUT2D eigenvalue weighted by Crippen LogP contribution is -2.39. The molecule has 0 bridgehead atoms. The molecule has 0 saturated carbocycles. The van der Waals surface area contributed by atoms with Gasteiger partial charge in [-0.2, -0.15) is 0 Å². The SMILES string of the molecule is CCNS(=O)(=O)c1ccc(C(=O)NCCCN2CCCC[C@H]2C)cc1. The van der Waals surface area contributed by atoms with Crippen molar-refractivity contribution in [1.82, 2.24) is 14.9 Å². The number of nitrogens with one attached hydrogen (secondary N) is 2. The number of benzene rings is 1. The predicted octanol–water partition coefficient (Wildman–Crippen LogP) is 1.98. The van der Waals surface area contributed by atoms with Crippen LogP contribution in [-0.2, 0) is 10.0 Å². The topological polar surface area (TPSA) is 78.5 Å². The first kappa shape index (κ1) is 19.9. The minimum absolute atomic E-state index is 0.168. The van der Waals surface area contributed by atoms with E-state index in [0.29, 0.717) is 24.7 Å². The zero-order valence-corrected chi connectivity index (χ0v) is 15.9. The maximum absolute atomic E-state index is 12.2. The third kappa shape index (κ3) is 5.80. The van der Waals surface area contributed by atoms with Crippen LogP contribution in [-0.4, -0.2) is 51.4 Å². The third-order valence-electron chi connectivity index (χ3n) is 4.61. The van der Waals surface area contributed by atoms with Gasteiger partial charge in [-0.25, -0.2) is 13.1 Å². The van der Waals surface area contributed by atoms with E-state index < -0.39 is 10.0 Å². The lowest BCUT2D eigenvalue weighted by molar-refractivity contribution is 0.0948. The molecule has 1 saturated heterocycles. The van der Waals surface area contributed by atoms with Crippen LogP contribution in [0, 0.1) is 0 Å². The Morgan fingerprint density at radius 2 is 1.96 bits per heavy atom. The second kappa shape index (κ2) is 9.31. The molecule has 0 spiro atoms. The number of nitrogens with zero attached hydrogens (tertiary/aromatic N) is 1. The summed E-state index contributed by atoms with van der Waals surface area (Å²) in [5.74, 6) is -0.168. The maximum atomic E-state index is 12.2. The van der Waals surface area contributed by atoms with E-state index >= 15 is 0 Å². The molecule has 1 amide bonds. The highest BCUT2D eigenvalue weighted by Gasteiger charge is 2.17. The fraction of sp³-hybridized carbons (Fsp3) is 0.611. The Bertz CT molecular complexity index is 659. The summed E-state index contributed by atoms with van der Waals surface area (Å²) in [6.07, 6.45) is 4.75. The molecule has 2 N–H and O–H groups in total. The molecule has 25 heavy (non-hydrogen) atoms. The molecule has 140 valence electrons. The second-order valence-electron chi connectivity index (χ2n) is 6.52. The van der Waals surface area contributed by atoms with Gasteiger partial charge < -0.3 is 10.2 Å². The van der Waals surface area contributed by atoms with Crippen LogP contribution in [0.1, 0.15) is 49.9 Å². The lowest BCUT2D eigenvalue weighted by atomic mass is 10.0. The summed E-state index contributed by atoms with van der Waals surface area (Å²) in [4.78, 5) is 14.8. The summed E-state index contributed by atoms with van der Waals surface area (Å²) >= 11 is 0. The van der Waals surface area contributed by atoms with Gasteiger partial charge in [-0.1, -0.05) is 13.3 Å². The first-order valence-corrected chi connectivity index (χ1v) is 10.5. The highest BCUT2D eigenvalue weighted by molar-refractivity contribution is 7.89. The van der Waals surface area contributed by atoms with Gasteiger partial charge in [-0.05, 0) is 57.0 Å². The van der Waals surface area contributed by atoms with Gasteiger partial charge in [0.2, 0.25) is 10.0 Å². The molecule has 0 aliphatic carbocycles. The van der Waals surface area contributed by atoms with Gasteiger partial charge in [0.1, 0.15) is 0 Å². The van der Waals surface area contributed by atoms with E-state index in [0.717, 1.165) is 19.5 Å². The molecule has 6 nitrogen and oxygen atoms in total. The van der Waals surface area contributed by atoms with E-state index in [1.165, 1.54) is 31.4 Å². The Hall–Kier alpha value is -1.44. The number of piperidine rings is 1. The average Bonchev–Trinajstić information content (AvgIpc) is 2.60. The molecule has 0 radical (unpaired) electrons. The monoisotopic (exact) mass is 367 g/mol. The predicted molar refractivity (Wildman–Crippen MR) is 99.1 cm³/mol. The number of amides is 1. The van der Waals surface area contributed by atoms with E-state index in [1.807, 2.05) is 0 Å². The fourth-order valence-electron chi connectivity index (χ4n) is 3.13. The summed E-state index contributed by atoms with van der Waals surface area (Å²) in [5.41, 5.74) is 0.474. The number of sulfonamides is 1. The Morgan fingerprint density at radius 3 is 2.60 bits per heavy atom. The third-order valence-corrected chi connectivity index (χ3v) is 6.17. The molecule has 7 heteroatoms. The Balaban J connectivity index is 1.79. The highest BCUT2D eigenvalue weighted by atomic mass is 32.2. The molecule has 0 unspecified atom stereocenters. The molecule has 1 aliphatic rings. The number of carbonyl (C=O) groups is 1. The van der Waals surface area contributed by atoms with Gasteiger partial charge in [-0.15, -0.1) is 0 Å². The zero-order valence-electron chi connectivity index (χ0n) is 15.1. The standard InChI is InChI=1S/C18H29N3O3S/c1-3-20-25(23,24)17-10-8-16(9-11-17)18(22)19-12-6-14-21-13-5-4-7-15(21)2/h8-11,15,20H,3-7,12-14H2,1-2H3,(H,19,22)/t15-/m1/s1. The second-order valence-corrected chi connectivity index (χ2v) is 8.28. The Labute approximate surface area is 151 Å². The van der Waals surface area contributed by atoms with Crippen LogP contribution < -0.4 is 10.0 Å². The number of rotatable bonds is 8. The van der Waals surface area contributed by atoms with Crippen molar-refractivity contribution in [2.45, 2.75) is 50.5 Å². The Morgan fingerprint density at radius 1 is 1.24 bits per heavy atom. The molecule has 1 fully saturated rings. The van der Waals surface area contributed by atoms with Gasteiger partial charge in [0, 0.05) is 31.2 Å². The number of likely N-dealkylation sites (tertiary alicyclic amines) is 1. The average molecular weight is 368 g/mol. The van der Waals surface area contributed by atoms with E-state index in [1.54, 1.807) is 19.1 Å². The van der Waals surface area contributed by atoms with Crippen molar-refractivity contribution in [2.24, 2.45) is 0 Å². The normalized spacial score (nSPS) is 18.9. The largest absolute Gasteiger partial charge is 0.352 e. The van der Waals surface area contributed by atoms with Crippen molar-refractivity contribution in [1.29, 1.82) is 0 Å². The molecule has 2 rings (SSSR count). The molecular weight excluding hydrogens is 338 g/mol. The van der Waals surface area contributed by atoms with Crippen LogP contribution in [0.5, 0.6) is 0 Å². The van der Waals surface area contributed by atoms with Crippen LogP contribution in [0.2, 0.25) is 0 Å². The minimum Gasteiger partial charge on any atom is -0.352 e. The Kier molecular flexibility index (Phi) is 7.40. The van der Waals surface area contributed by atoms with Crippen molar-refractivity contribution in [3.8, 4) is 0 Å². The van der Waals surface area contributed by atoms with E-state index in [9.17, 15) is 13.2 Å². The maximum Gasteiger partial charge on any atom is 0.251 e. The molecule has 1 aromatic rings. The van der Waals surface area contributed by atoms with E-state index in [2.05, 4.69) is 21.9 Å². The number of hydrogen-bond acceptors (Lipinski definition) is 4. The van der Waals surface area contributed by atoms with Gasteiger partial charge in [0.25, 0.3) is 5.91 Å². The van der Waals surface area contributed by atoms with Crippen molar-refractivity contribution < 1.29 is 13.2 Å². The summed E-state index contributed by atoms with van der Waals surface area (Å²) < 4.78 is 26.2. The van der Waals surface area contributed by atoms with E-state index in [-0.39, 0.29) is 10.8 Å². The molecule has 1 aliphatic heterocycles. The number of carbonyl (C=O) groups excluding carboxylic acids is 1. The molecular formula is C18H29N3O3S. The van der Waals surface area contributed by atoms with Gasteiger partial charge in [-0.3, -0.25) is 4.79 Å². The lowest BCUT2D eigenvalue weighted by Gasteiger charge is -2.33. The summed E-state index contributed by atoms with van der Waals surface area (Å²) in [6.45, 7) is 7.10. The highest BCUT2D eigenvalue weighted by Crippen LogP contribution is 2.16. The summed E-state index contributed by atoms with van der Waals surface area (Å²) in [5, 5.41) is 2.91. The van der Waals surface area contributed by atoms with Gasteiger partial charge in [0.05, 0.1) is 4.90 Å². The van der Waals surface area contributed by atoms with Gasteiger partial charge >= 0.3 is 0 Å². The molecule has 0 aromatic heterocycles. The number of hydrogen-bond donors (Lipinski definition) is 2. The molecule has 1 atom stereocenters. The zero-order chi connectivity index (χ0) is 18.3. The summed E-state index contributed by atoms with van der Waals surface area (Å²) in [7, 11) is -3.48. The van der Waals surface area contributed by atoms with E-state index in [4.69, 9.17) is 0 Å². The van der Waals surface area contributed by atoms with Crippen molar-refractivity contribution in [2.75, 3.05) is 26.2 Å². The van der Waals surface area contributed by atoms with Gasteiger partial charge in [0.15, 0.2) is 0 Å². The quantitative estimate of drug-likeness (QED) is 0.689. The van der Waals surface area contributed by atoms with Crippen LogP contribution in [0.4, 0.5) is 0 Å². The van der Waals surface area contributed by atoms with Crippen molar-refractivity contribution >= 4 is 15.9 Å². The van der Waals surface area contributed by atoms with Crippen LogP contribution >= 0.6 is 0 Å². The first-order valence-electron chi connectivity index (χ1n) is 9.06. The first-order chi connectivity index (χ1) is 11.9. The molecule has 1 heterocycles. The fourth-order valence-corrected chi connectivity index (χ4v) is 4.18. The molecule has 1 aromatic carbocycles. The van der Waals surface area contributed by atoms with Crippen LogP contribution in [0.15, 0.2) is 29.2 Å². The van der Waals surface area contributed by atoms with Crippen molar-refractivity contribution in [3.05, 3.63) is 29.8 Å². The minimum atomic E-state index is -3.48.